The number of benzene rings is 1. The summed E-state index contributed by atoms with van der Waals surface area (Å²) in [7, 11) is -3.34. The van der Waals surface area contributed by atoms with Crippen molar-refractivity contribution in [2.45, 2.75) is 17.9 Å². The summed E-state index contributed by atoms with van der Waals surface area (Å²) in [6.45, 7) is 4.46. The van der Waals surface area contributed by atoms with E-state index in [1.807, 2.05) is 0 Å². The number of nitrogens with one attached hydrogen (secondary N) is 2. The molecule has 1 aromatic carbocycles. The third kappa shape index (κ3) is 4.74. The van der Waals surface area contributed by atoms with Gasteiger partial charge in [-0.25, -0.2) is 37.1 Å². The third-order valence-electron chi connectivity index (χ3n) is 6.01. The zero-order valence-corrected chi connectivity index (χ0v) is 20.8. The summed E-state index contributed by atoms with van der Waals surface area (Å²) in [6, 6.07) is 7.95. The van der Waals surface area contributed by atoms with Gasteiger partial charge in [-0.2, -0.15) is 0 Å². The first kappa shape index (κ1) is 24.7. The Bertz CT molecular complexity index is 1570. The number of methoxy groups -OCH3 is 1. The van der Waals surface area contributed by atoms with Gasteiger partial charge in [0.1, 0.15) is 29.2 Å². The Balaban J connectivity index is 1.56. The maximum atomic E-state index is 14.2. The van der Waals surface area contributed by atoms with Crippen molar-refractivity contribution in [3.05, 3.63) is 60.6 Å². The largest absolute Gasteiger partial charge is 0.480 e. The second-order valence-electron chi connectivity index (χ2n) is 8.45. The zero-order chi connectivity index (χ0) is 26.2. The molecule has 0 spiro atoms. The Morgan fingerprint density at radius 3 is 2.65 bits per heavy atom. The number of aromatic nitrogens is 4. The van der Waals surface area contributed by atoms with Crippen molar-refractivity contribution in [3.8, 4) is 17.1 Å². The summed E-state index contributed by atoms with van der Waals surface area (Å²) in [6.07, 6.45) is 2.96. The molecule has 3 aromatic heterocycles. The van der Waals surface area contributed by atoms with Crippen LogP contribution in [0.15, 0.2) is 53.8 Å². The van der Waals surface area contributed by atoms with Gasteiger partial charge in [-0.3, -0.25) is 4.72 Å². The van der Waals surface area contributed by atoms with E-state index < -0.39 is 26.6 Å². The lowest BCUT2D eigenvalue weighted by Gasteiger charge is -2.35. The van der Waals surface area contributed by atoms with Crippen molar-refractivity contribution >= 4 is 32.6 Å². The van der Waals surface area contributed by atoms with E-state index in [-0.39, 0.29) is 17.6 Å². The Morgan fingerprint density at radius 2 is 1.92 bits per heavy atom. The summed E-state index contributed by atoms with van der Waals surface area (Å²) in [5, 5.41) is 3.35. The zero-order valence-electron chi connectivity index (χ0n) is 19.9. The summed E-state index contributed by atoms with van der Waals surface area (Å²) < 4.78 is 61.5. The van der Waals surface area contributed by atoms with E-state index in [0.29, 0.717) is 28.1 Å². The van der Waals surface area contributed by atoms with E-state index >= 15 is 0 Å². The lowest BCUT2D eigenvalue weighted by Crippen LogP contribution is -2.50. The van der Waals surface area contributed by atoms with Gasteiger partial charge in [0.2, 0.25) is 5.88 Å². The molecule has 1 saturated heterocycles. The van der Waals surface area contributed by atoms with Crippen LogP contribution in [0.4, 0.5) is 20.3 Å². The lowest BCUT2D eigenvalue weighted by molar-refractivity contribution is 0.400. The Hall–Kier alpha value is -3.97. The molecule has 0 radical (unpaired) electrons. The van der Waals surface area contributed by atoms with Gasteiger partial charge in [-0.05, 0) is 37.3 Å². The van der Waals surface area contributed by atoms with Crippen LogP contribution < -0.4 is 19.7 Å². The number of rotatable bonds is 6. The first-order valence-electron chi connectivity index (χ1n) is 11.4. The predicted octanol–water partition coefficient (Wildman–Crippen LogP) is 2.97. The summed E-state index contributed by atoms with van der Waals surface area (Å²) >= 11 is 0. The molecule has 10 nitrogen and oxygen atoms in total. The van der Waals surface area contributed by atoms with Crippen LogP contribution in [0.5, 0.6) is 5.88 Å². The van der Waals surface area contributed by atoms with Crippen molar-refractivity contribution in [1.82, 2.24) is 25.3 Å². The average Bonchev–Trinajstić information content (AvgIpc) is 2.88. The number of ether oxygens (including phenoxy) is 1. The monoisotopic (exact) mass is 527 g/mol. The molecule has 4 heterocycles. The van der Waals surface area contributed by atoms with Crippen LogP contribution in [0, 0.1) is 11.6 Å². The fourth-order valence-electron chi connectivity index (χ4n) is 4.22. The van der Waals surface area contributed by atoms with E-state index in [0.717, 1.165) is 37.8 Å². The first-order valence-corrected chi connectivity index (χ1v) is 12.9. The highest BCUT2D eigenvalue weighted by Gasteiger charge is 2.26. The highest BCUT2D eigenvalue weighted by Crippen LogP contribution is 2.32. The van der Waals surface area contributed by atoms with Crippen molar-refractivity contribution < 1.29 is 21.9 Å². The van der Waals surface area contributed by atoms with E-state index in [1.165, 1.54) is 25.7 Å². The van der Waals surface area contributed by atoms with E-state index in [1.54, 1.807) is 12.1 Å². The van der Waals surface area contributed by atoms with Gasteiger partial charge in [0.25, 0.3) is 10.0 Å². The van der Waals surface area contributed by atoms with Gasteiger partial charge in [0.05, 0.1) is 18.3 Å². The maximum Gasteiger partial charge on any atom is 0.267 e. The highest BCUT2D eigenvalue weighted by molar-refractivity contribution is 7.92. The SMILES string of the molecule is COc1ncc(-c2ccc3ncnc(N4CCNC[C@@H]4C)c3n2)cc1NS(=O)(=O)c1c(F)cccc1F. The molecule has 1 aliphatic rings. The molecule has 0 saturated carbocycles. The van der Waals surface area contributed by atoms with Gasteiger partial charge >= 0.3 is 0 Å². The molecule has 192 valence electrons. The van der Waals surface area contributed by atoms with Gasteiger partial charge in [0, 0.05) is 37.4 Å². The number of sulfonamides is 1. The predicted molar refractivity (Wildman–Crippen MR) is 134 cm³/mol. The smallest absolute Gasteiger partial charge is 0.267 e. The summed E-state index contributed by atoms with van der Waals surface area (Å²) in [5.74, 6) is -1.83. The highest BCUT2D eigenvalue weighted by atomic mass is 32.2. The molecule has 0 amide bonds. The second-order valence-corrected chi connectivity index (χ2v) is 10.1. The summed E-state index contributed by atoms with van der Waals surface area (Å²) in [4.78, 5) is 18.8. The minimum Gasteiger partial charge on any atom is -0.480 e. The second kappa shape index (κ2) is 9.82. The fourth-order valence-corrected chi connectivity index (χ4v) is 5.40. The number of fused-ring (bicyclic) bond motifs is 1. The number of pyridine rings is 2. The van der Waals surface area contributed by atoms with Crippen molar-refractivity contribution in [2.75, 3.05) is 36.4 Å². The molecule has 5 rings (SSSR count). The van der Waals surface area contributed by atoms with Crippen LogP contribution in [-0.2, 0) is 10.0 Å². The minimum atomic E-state index is -4.64. The molecule has 0 bridgehead atoms. The molecular weight excluding hydrogens is 504 g/mol. The normalized spacial score (nSPS) is 16.1. The molecule has 2 N–H and O–H groups in total. The average molecular weight is 528 g/mol. The Morgan fingerprint density at radius 1 is 1.14 bits per heavy atom. The number of anilines is 2. The van der Waals surface area contributed by atoms with Crippen molar-refractivity contribution in [2.24, 2.45) is 0 Å². The van der Waals surface area contributed by atoms with E-state index in [4.69, 9.17) is 9.72 Å². The molecule has 37 heavy (non-hydrogen) atoms. The maximum absolute atomic E-state index is 14.2. The van der Waals surface area contributed by atoms with Gasteiger partial charge < -0.3 is 15.0 Å². The van der Waals surface area contributed by atoms with Crippen LogP contribution >= 0.6 is 0 Å². The van der Waals surface area contributed by atoms with Crippen molar-refractivity contribution in [3.63, 3.8) is 0 Å². The van der Waals surface area contributed by atoms with Gasteiger partial charge in [0.15, 0.2) is 10.7 Å². The summed E-state index contributed by atoms with van der Waals surface area (Å²) in [5.41, 5.74) is 2.04. The van der Waals surface area contributed by atoms with Crippen molar-refractivity contribution in [1.29, 1.82) is 0 Å². The number of nitrogens with zero attached hydrogens (tertiary/aromatic N) is 5. The fraction of sp³-hybridized carbons (Fsp3) is 0.250. The molecule has 1 aliphatic heterocycles. The molecular formula is C24H23F2N7O3S. The molecule has 0 aliphatic carbocycles. The molecule has 0 unspecified atom stereocenters. The number of hydrogen-bond donors (Lipinski definition) is 2. The number of hydrogen-bond acceptors (Lipinski definition) is 9. The van der Waals surface area contributed by atoms with Crippen LogP contribution in [0.3, 0.4) is 0 Å². The first-order chi connectivity index (χ1) is 17.8. The Labute approximate surface area is 211 Å². The molecule has 4 aromatic rings. The third-order valence-corrected chi connectivity index (χ3v) is 7.42. The number of halogens is 2. The molecule has 1 atom stereocenters. The van der Waals surface area contributed by atoms with E-state index in [9.17, 15) is 17.2 Å². The van der Waals surface area contributed by atoms with Crippen LogP contribution in [-0.4, -0.2) is 61.1 Å². The Kier molecular flexibility index (Phi) is 6.56. The lowest BCUT2D eigenvalue weighted by atomic mass is 10.1. The van der Waals surface area contributed by atoms with E-state index in [2.05, 4.69) is 36.8 Å². The van der Waals surface area contributed by atoms with Crippen LogP contribution in [0.2, 0.25) is 0 Å². The van der Waals surface area contributed by atoms with Gasteiger partial charge in [-0.15, -0.1) is 0 Å². The number of piperazine rings is 1. The van der Waals surface area contributed by atoms with Crippen LogP contribution in [0.25, 0.3) is 22.3 Å². The topological polar surface area (TPSA) is 122 Å². The molecule has 1 fully saturated rings. The standard InChI is InChI=1S/C24H23F2N7O3S/c1-14-11-27-8-9-33(14)23-21-19(29-13-30-23)7-6-18(31-21)15-10-20(24(36-2)28-12-15)32-37(34,35)22-16(25)4-3-5-17(22)26/h3-7,10,12-14,27,32H,8-9,11H2,1-2H3/t14-/m0/s1. The minimum absolute atomic E-state index is 0.0801. The van der Waals surface area contributed by atoms with Gasteiger partial charge in [-0.1, -0.05) is 6.07 Å². The molecule has 13 heteroatoms. The quantitative estimate of drug-likeness (QED) is 0.390. The van der Waals surface area contributed by atoms with Crippen LogP contribution in [0.1, 0.15) is 6.92 Å².